The second-order valence-electron chi connectivity index (χ2n) is 7.42. The highest BCUT2D eigenvalue weighted by atomic mass is 19.3. The van der Waals surface area contributed by atoms with Gasteiger partial charge in [0.25, 0.3) is 0 Å². The summed E-state index contributed by atoms with van der Waals surface area (Å²) in [6, 6.07) is 2.55. The summed E-state index contributed by atoms with van der Waals surface area (Å²) in [4.78, 5) is 14.0. The maximum Gasteiger partial charge on any atom is 0.387 e. The monoisotopic (exact) mass is 470 g/mol. The quantitative estimate of drug-likeness (QED) is 0.257. The number of hydrogen-bond donors (Lipinski definition) is 2. The van der Waals surface area contributed by atoms with E-state index in [1.807, 2.05) is 4.90 Å². The lowest BCUT2D eigenvalue weighted by Gasteiger charge is -2.26. The number of hydrogen-bond acceptors (Lipinski definition) is 8. The van der Waals surface area contributed by atoms with Gasteiger partial charge in [-0.1, -0.05) is 24.8 Å². The Bertz CT molecular complexity index is 818. The van der Waals surface area contributed by atoms with Crippen molar-refractivity contribution in [2.45, 2.75) is 58.0 Å². The van der Waals surface area contributed by atoms with E-state index in [0.717, 1.165) is 6.42 Å². The average molecular weight is 471 g/mol. The average Bonchev–Trinajstić information content (AvgIpc) is 3.22. The van der Waals surface area contributed by atoms with Crippen molar-refractivity contribution in [2.24, 2.45) is 0 Å². The van der Waals surface area contributed by atoms with Gasteiger partial charge >= 0.3 is 12.6 Å². The number of esters is 1. The number of halogens is 2. The first kappa shape index (κ1) is 26.6. The Morgan fingerprint density at radius 3 is 2.73 bits per heavy atom. The fraction of sp³-hybridized carbons (Fsp3) is 0.522. The van der Waals surface area contributed by atoms with Crippen molar-refractivity contribution in [1.82, 2.24) is 4.90 Å². The summed E-state index contributed by atoms with van der Waals surface area (Å²) >= 11 is 0. The minimum Gasteiger partial charge on any atom is -0.468 e. The third-order valence-electron chi connectivity index (χ3n) is 5.07. The molecule has 8 nitrogen and oxygen atoms in total. The number of carbonyl (C=O) groups excluding carboxylic acids is 1. The number of nitrogens with zero attached hydrogens (tertiary/aromatic N) is 1. The van der Waals surface area contributed by atoms with Crippen LogP contribution in [0.3, 0.4) is 0 Å². The normalized spacial score (nSPS) is 18.3. The molecule has 1 aromatic carbocycles. The number of ether oxygens (including phenoxy) is 4. The van der Waals surface area contributed by atoms with Gasteiger partial charge in [0.05, 0.1) is 12.8 Å². The molecule has 1 aliphatic rings. The molecule has 0 amide bonds. The second kappa shape index (κ2) is 13.1. The zero-order valence-electron chi connectivity index (χ0n) is 19.1. The summed E-state index contributed by atoms with van der Waals surface area (Å²) in [6.07, 6.45) is 4.74. The molecule has 1 saturated heterocycles. The van der Waals surface area contributed by atoms with Crippen LogP contribution in [0.4, 0.5) is 14.5 Å². The molecule has 0 spiro atoms. The number of anilines is 1. The molecule has 10 heteroatoms. The van der Waals surface area contributed by atoms with Crippen molar-refractivity contribution >= 4 is 11.7 Å². The number of alkyl halides is 2. The van der Waals surface area contributed by atoms with Gasteiger partial charge in [0.2, 0.25) is 6.29 Å². The molecule has 0 aliphatic carbocycles. The summed E-state index contributed by atoms with van der Waals surface area (Å²) in [5, 5.41) is 12.6. The minimum absolute atomic E-state index is 0.0769. The number of methoxy groups -OCH3 is 1. The molecule has 2 N–H and O–H groups in total. The number of aliphatic hydroxyl groups is 1. The van der Waals surface area contributed by atoms with Gasteiger partial charge in [0.15, 0.2) is 6.29 Å². The van der Waals surface area contributed by atoms with Crippen LogP contribution < -0.4 is 14.8 Å². The highest BCUT2D eigenvalue weighted by Gasteiger charge is 2.32. The molecule has 1 heterocycles. The Kier molecular flexibility index (Phi) is 10.6. The number of likely N-dealkylation sites (tertiary alicyclic amines) is 1. The van der Waals surface area contributed by atoms with E-state index >= 15 is 0 Å². The van der Waals surface area contributed by atoms with E-state index < -0.39 is 25.2 Å². The summed E-state index contributed by atoms with van der Waals surface area (Å²) in [5.74, 6) is -0.226. The lowest BCUT2D eigenvalue weighted by atomic mass is 10.1. The second-order valence-corrected chi connectivity index (χ2v) is 7.42. The van der Waals surface area contributed by atoms with Crippen molar-refractivity contribution in [3.8, 4) is 11.5 Å². The molecule has 1 aromatic rings. The summed E-state index contributed by atoms with van der Waals surface area (Å²) in [5.41, 5.74) is 0.967. The first-order valence-electron chi connectivity index (χ1n) is 10.7. The third-order valence-corrected chi connectivity index (χ3v) is 5.07. The van der Waals surface area contributed by atoms with Crippen LogP contribution in [0.15, 0.2) is 36.9 Å². The number of rotatable bonds is 13. The zero-order chi connectivity index (χ0) is 24.4. The molecule has 0 aromatic heterocycles. The molecule has 1 aliphatic heterocycles. The predicted octanol–water partition coefficient (Wildman–Crippen LogP) is 3.66. The van der Waals surface area contributed by atoms with E-state index in [9.17, 15) is 18.7 Å². The first-order valence-corrected chi connectivity index (χ1v) is 10.7. The van der Waals surface area contributed by atoms with Crippen molar-refractivity contribution < 1.29 is 37.6 Å². The zero-order valence-corrected chi connectivity index (χ0v) is 19.1. The van der Waals surface area contributed by atoms with E-state index in [1.54, 1.807) is 31.3 Å². The van der Waals surface area contributed by atoms with Gasteiger partial charge < -0.3 is 29.4 Å². The standard InChI is InChI=1S/C23H32F2N2O6/c1-5-6-7-10-21(31-15(2)28)32-20-13-19(33-23(24)25)16(12-17(20)26-3)14-27-11-8-9-18(27)22(29)30-4/h5-7,12-13,15,18,21,23,26,28H,1,8-11,14H2,2-4H3/b7-6-/t15?,18-,21?/m0/s1. The lowest BCUT2D eigenvalue weighted by Crippen LogP contribution is -2.36. The Labute approximate surface area is 192 Å². The smallest absolute Gasteiger partial charge is 0.387 e. The number of allylic oxidation sites excluding steroid dienone is 2. The Morgan fingerprint density at radius 1 is 1.36 bits per heavy atom. The third kappa shape index (κ3) is 7.99. The van der Waals surface area contributed by atoms with Crippen LogP contribution in [0.2, 0.25) is 0 Å². The molecule has 0 bridgehead atoms. The minimum atomic E-state index is -3.05. The Hall–Kier alpha value is -2.69. The van der Waals surface area contributed by atoms with Gasteiger partial charge in [-0.05, 0) is 32.4 Å². The van der Waals surface area contributed by atoms with Crippen LogP contribution in [0, 0.1) is 0 Å². The van der Waals surface area contributed by atoms with Crippen LogP contribution in [0.1, 0.15) is 31.7 Å². The van der Waals surface area contributed by atoms with Crippen LogP contribution in [-0.2, 0) is 20.8 Å². The van der Waals surface area contributed by atoms with Gasteiger partial charge in [-0.15, -0.1) is 0 Å². The van der Waals surface area contributed by atoms with E-state index in [2.05, 4.69) is 11.9 Å². The predicted molar refractivity (Wildman–Crippen MR) is 119 cm³/mol. The van der Waals surface area contributed by atoms with E-state index in [4.69, 9.17) is 18.9 Å². The molecular weight excluding hydrogens is 438 g/mol. The molecule has 0 radical (unpaired) electrons. The van der Waals surface area contributed by atoms with Crippen LogP contribution in [0.5, 0.6) is 11.5 Å². The van der Waals surface area contributed by atoms with E-state index in [0.29, 0.717) is 24.2 Å². The van der Waals surface area contributed by atoms with Crippen LogP contribution in [0.25, 0.3) is 0 Å². The summed E-state index contributed by atoms with van der Waals surface area (Å²) in [7, 11) is 2.99. The maximum absolute atomic E-state index is 13.2. The number of carbonyl (C=O) groups is 1. The van der Waals surface area contributed by atoms with Crippen molar-refractivity contribution in [2.75, 3.05) is 26.0 Å². The molecular formula is C23H32F2N2O6. The summed E-state index contributed by atoms with van der Waals surface area (Å²) < 4.78 is 47.3. The molecule has 1 fully saturated rings. The van der Waals surface area contributed by atoms with Gasteiger partial charge in [-0.2, -0.15) is 8.78 Å². The molecule has 3 atom stereocenters. The van der Waals surface area contributed by atoms with E-state index in [-0.39, 0.29) is 30.4 Å². The van der Waals surface area contributed by atoms with Gasteiger partial charge in [-0.25, -0.2) is 0 Å². The molecule has 2 unspecified atom stereocenters. The maximum atomic E-state index is 13.2. The summed E-state index contributed by atoms with van der Waals surface area (Å²) in [6.45, 7) is 2.82. The number of aliphatic hydroxyl groups excluding tert-OH is 1. The first-order chi connectivity index (χ1) is 15.8. The van der Waals surface area contributed by atoms with E-state index in [1.165, 1.54) is 20.1 Å². The Balaban J connectivity index is 2.35. The number of nitrogens with one attached hydrogen (secondary N) is 1. The molecule has 33 heavy (non-hydrogen) atoms. The van der Waals surface area contributed by atoms with Gasteiger partial charge in [-0.3, -0.25) is 9.69 Å². The highest BCUT2D eigenvalue weighted by Crippen LogP contribution is 2.37. The molecule has 0 saturated carbocycles. The Morgan fingerprint density at radius 2 is 2.12 bits per heavy atom. The highest BCUT2D eigenvalue weighted by molar-refractivity contribution is 5.76. The largest absolute Gasteiger partial charge is 0.468 e. The molecule has 184 valence electrons. The fourth-order valence-corrected chi connectivity index (χ4v) is 3.64. The van der Waals surface area contributed by atoms with Crippen LogP contribution in [-0.4, -0.2) is 61.9 Å². The lowest BCUT2D eigenvalue weighted by molar-refractivity contribution is -0.185. The SMILES string of the molecule is C=C/C=C\CC(Oc1cc(OC(F)F)c(CN2CCC[C@H]2C(=O)OC)cc1NC)OC(C)O. The van der Waals surface area contributed by atoms with Crippen LogP contribution >= 0.6 is 0 Å². The van der Waals surface area contributed by atoms with Crippen molar-refractivity contribution in [3.63, 3.8) is 0 Å². The fourth-order valence-electron chi connectivity index (χ4n) is 3.64. The van der Waals surface area contributed by atoms with Gasteiger partial charge in [0.1, 0.15) is 17.5 Å². The topological polar surface area (TPSA) is 89.5 Å². The number of benzene rings is 1. The molecule has 2 rings (SSSR count). The van der Waals surface area contributed by atoms with Gasteiger partial charge in [0, 0.05) is 31.6 Å². The van der Waals surface area contributed by atoms with Crippen molar-refractivity contribution in [1.29, 1.82) is 0 Å². The van der Waals surface area contributed by atoms with Crippen molar-refractivity contribution in [3.05, 3.63) is 42.5 Å².